The minimum absolute atomic E-state index is 0.00427. The summed E-state index contributed by atoms with van der Waals surface area (Å²) < 4.78 is 83.1. The van der Waals surface area contributed by atoms with E-state index in [-0.39, 0.29) is 195 Å². The van der Waals surface area contributed by atoms with Gasteiger partial charge in [0, 0.05) is 44.3 Å². The first-order valence-corrected chi connectivity index (χ1v) is 28.5. The maximum absolute atomic E-state index is 12.5. The summed E-state index contributed by atoms with van der Waals surface area (Å²) in [6.45, 7) is 8.83. The molecule has 3 heterocycles. The number of hydrogen-bond donors (Lipinski definition) is 13. The zero-order valence-corrected chi connectivity index (χ0v) is 48.2. The summed E-state index contributed by atoms with van der Waals surface area (Å²) in [6, 6.07) is 0. The van der Waals surface area contributed by atoms with E-state index < -0.39 is 104 Å². The van der Waals surface area contributed by atoms with Crippen molar-refractivity contribution < 1.29 is 137 Å². The van der Waals surface area contributed by atoms with Gasteiger partial charge in [-0.05, 0) is 12.8 Å². The summed E-state index contributed by atoms with van der Waals surface area (Å²) in [5, 5.41) is 108. The molecule has 3 fully saturated rings. The molecule has 0 aromatic rings. The second kappa shape index (κ2) is 43.9. The Kier molecular flexibility index (Phi) is 39.5. The summed E-state index contributed by atoms with van der Waals surface area (Å²) in [5.74, 6) is -0.792. The zero-order chi connectivity index (χ0) is 60.8. The Labute approximate surface area is 484 Å². The highest BCUT2D eigenvalue weighted by Crippen LogP contribution is 2.26. The van der Waals surface area contributed by atoms with E-state index in [2.05, 4.69) is 16.0 Å². The molecule has 3 amide bonds. The summed E-state index contributed by atoms with van der Waals surface area (Å²) >= 11 is 0. The highest BCUT2D eigenvalue weighted by Gasteiger charge is 2.46. The van der Waals surface area contributed by atoms with Crippen molar-refractivity contribution >= 4 is 17.7 Å². The molecular formula is C52H97N3O28. The van der Waals surface area contributed by atoms with Gasteiger partial charge in [-0.15, -0.1) is 0 Å². The van der Waals surface area contributed by atoms with Gasteiger partial charge in [0.15, 0.2) is 18.9 Å². The second-order valence-electron chi connectivity index (χ2n) is 20.1. The van der Waals surface area contributed by atoms with Gasteiger partial charge < -0.3 is 138 Å². The Hall–Kier alpha value is -2.59. The van der Waals surface area contributed by atoms with Crippen molar-refractivity contribution in [3.63, 3.8) is 0 Å². The third kappa shape index (κ3) is 29.8. The van der Waals surface area contributed by atoms with Crippen molar-refractivity contribution in [2.75, 3.05) is 165 Å². The fraction of sp³-hybridized carbons (Fsp3) is 0.942. The van der Waals surface area contributed by atoms with Crippen LogP contribution in [0.4, 0.5) is 0 Å². The number of rotatable bonds is 48. The zero-order valence-electron chi connectivity index (χ0n) is 48.2. The lowest BCUT2D eigenvalue weighted by molar-refractivity contribution is -0.302. The lowest BCUT2D eigenvalue weighted by atomic mass is 9.94. The van der Waals surface area contributed by atoms with Gasteiger partial charge in [-0.25, -0.2) is 0 Å². The van der Waals surface area contributed by atoms with Crippen molar-refractivity contribution in [3.05, 3.63) is 0 Å². The Bertz CT molecular complexity index is 1500. The Morgan fingerprint density at radius 2 is 0.627 bits per heavy atom. The van der Waals surface area contributed by atoms with Crippen LogP contribution in [0.2, 0.25) is 0 Å². The van der Waals surface area contributed by atoms with E-state index in [1.54, 1.807) is 13.8 Å². The maximum Gasteiger partial charge on any atom is 0.222 e. The molecular weight excluding hydrogens is 1110 g/mol. The van der Waals surface area contributed by atoms with Crippen molar-refractivity contribution in [3.8, 4) is 0 Å². The molecule has 3 aliphatic heterocycles. The number of hydrogen-bond acceptors (Lipinski definition) is 28. The first-order valence-electron chi connectivity index (χ1n) is 28.5. The van der Waals surface area contributed by atoms with Gasteiger partial charge in [-0.3, -0.25) is 14.4 Å². The largest absolute Gasteiger partial charge is 0.394 e. The molecule has 3 saturated heterocycles. The van der Waals surface area contributed by atoms with Crippen molar-refractivity contribution in [2.45, 2.75) is 145 Å². The van der Waals surface area contributed by atoms with Crippen LogP contribution in [0.5, 0.6) is 0 Å². The first-order chi connectivity index (χ1) is 40.0. The molecule has 13 N–H and O–H groups in total. The number of ether oxygens (including phenoxy) is 15. The molecule has 0 aliphatic carbocycles. The predicted molar refractivity (Wildman–Crippen MR) is 284 cm³/mol. The van der Waals surface area contributed by atoms with Crippen LogP contribution in [-0.4, -0.2) is 326 Å². The van der Waals surface area contributed by atoms with E-state index in [0.29, 0.717) is 12.8 Å². The first kappa shape index (κ1) is 74.7. The van der Waals surface area contributed by atoms with Crippen molar-refractivity contribution in [1.29, 1.82) is 0 Å². The highest BCUT2D eigenvalue weighted by atomic mass is 16.7. The van der Waals surface area contributed by atoms with Crippen LogP contribution < -0.4 is 16.0 Å². The number of nitrogens with one attached hydrogen (secondary N) is 3. The molecule has 0 saturated carbocycles. The Morgan fingerprint density at radius 3 is 0.916 bits per heavy atom. The molecule has 0 radical (unpaired) electrons. The number of carbonyl (C=O) groups excluding carboxylic acids is 3. The van der Waals surface area contributed by atoms with E-state index in [1.165, 1.54) is 0 Å². The van der Waals surface area contributed by atoms with Gasteiger partial charge in [0.05, 0.1) is 158 Å². The SMILES string of the molecule is CCC1O[C@H](OCCOCCOCCNC(=O)CCOCC(C)(COCCC(=O)NCCOCCOCCO[C@H]2OC(CC)[C@@H](O)[C@H](O)C2O)COCCC(=O)NCCOCCOCCO[C@H]2OC(CO)[C@@H](O)C(O)[C@H]2O)[C@H](O)C(O)[C@@H]1O. The van der Waals surface area contributed by atoms with Gasteiger partial charge in [0.25, 0.3) is 0 Å². The molecule has 31 nitrogen and oxygen atoms in total. The molecule has 0 spiro atoms. The number of aliphatic hydroxyl groups excluding tert-OH is 10. The summed E-state index contributed by atoms with van der Waals surface area (Å²) in [6.07, 6.45) is -17.3. The van der Waals surface area contributed by atoms with Crippen LogP contribution in [0, 0.1) is 5.41 Å². The van der Waals surface area contributed by atoms with Crippen LogP contribution in [0.25, 0.3) is 0 Å². The lowest BCUT2D eigenvalue weighted by Crippen LogP contribution is -2.59. The average Bonchev–Trinajstić information content (AvgIpc) is 3.56. The fourth-order valence-corrected chi connectivity index (χ4v) is 8.25. The normalized spacial score (nSPS) is 29.1. The van der Waals surface area contributed by atoms with Crippen LogP contribution >= 0.6 is 0 Å². The van der Waals surface area contributed by atoms with Crippen molar-refractivity contribution in [1.82, 2.24) is 16.0 Å². The molecule has 0 aromatic carbocycles. The highest BCUT2D eigenvalue weighted by molar-refractivity contribution is 5.76. The topological polar surface area (TPSA) is 428 Å². The minimum atomic E-state index is -1.54. The van der Waals surface area contributed by atoms with Crippen LogP contribution in [-0.2, 0) is 85.4 Å². The molecule has 3 aliphatic rings. The van der Waals surface area contributed by atoms with E-state index in [9.17, 15) is 65.4 Å². The molecule has 488 valence electrons. The van der Waals surface area contributed by atoms with Crippen LogP contribution in [0.3, 0.4) is 0 Å². The minimum Gasteiger partial charge on any atom is -0.394 e. The van der Waals surface area contributed by atoms with Gasteiger partial charge >= 0.3 is 0 Å². The standard InChI is InChI=1S/C52H97N3O28/c1-4-34-40(60)43(63)46(66)49(81-34)78-27-24-72-21-18-69-15-9-53-37(57)6-12-75-31-52(3,32-76-13-7-38(58)54-10-16-70-19-22-73-25-28-79-50-47(67)44(64)41(61)35(5-2)82-50)33-77-14-8-39(59)55-11-17-71-20-23-74-26-29-80-51-48(68)45(65)42(62)36(30-56)83-51/h34-36,40-51,56,60-68H,4-33H2,1-3H3,(H,53,57)(H,54,58)(H,55,59)/t34?,35?,36?,40-,41-,42-,43+,44?,45?,46?,47-,48-,49+,50+,51+,52?/m1/s1. The second-order valence-corrected chi connectivity index (χ2v) is 20.1. The lowest BCUT2D eigenvalue weighted by Gasteiger charge is -2.40. The smallest absolute Gasteiger partial charge is 0.222 e. The van der Waals surface area contributed by atoms with E-state index in [1.807, 2.05) is 6.92 Å². The Balaban J connectivity index is 1.26. The monoisotopic (exact) mass is 1210 g/mol. The van der Waals surface area contributed by atoms with E-state index >= 15 is 0 Å². The van der Waals surface area contributed by atoms with Gasteiger partial charge in [-0.1, -0.05) is 20.8 Å². The van der Waals surface area contributed by atoms with Crippen molar-refractivity contribution in [2.24, 2.45) is 5.41 Å². The number of carbonyl (C=O) groups is 3. The molecule has 7 unspecified atom stereocenters. The molecule has 3 rings (SSSR count). The molecule has 0 aromatic heterocycles. The van der Waals surface area contributed by atoms with E-state index in [0.717, 1.165) is 0 Å². The van der Waals surface area contributed by atoms with E-state index in [4.69, 9.17) is 71.1 Å². The summed E-state index contributed by atoms with van der Waals surface area (Å²) in [7, 11) is 0. The quantitative estimate of drug-likeness (QED) is 0.0252. The molecule has 83 heavy (non-hydrogen) atoms. The summed E-state index contributed by atoms with van der Waals surface area (Å²) in [4.78, 5) is 37.6. The average molecular weight is 1210 g/mol. The Morgan fingerprint density at radius 1 is 0.361 bits per heavy atom. The molecule has 0 bridgehead atoms. The van der Waals surface area contributed by atoms with Crippen LogP contribution in [0.1, 0.15) is 52.9 Å². The summed E-state index contributed by atoms with van der Waals surface area (Å²) in [5.41, 5.74) is -0.736. The van der Waals surface area contributed by atoms with Gasteiger partial charge in [-0.2, -0.15) is 0 Å². The maximum atomic E-state index is 12.5. The van der Waals surface area contributed by atoms with Gasteiger partial charge in [0.2, 0.25) is 17.7 Å². The number of amides is 3. The third-order valence-electron chi connectivity index (χ3n) is 13.1. The molecule has 16 atom stereocenters. The number of aliphatic hydroxyl groups is 10. The third-order valence-corrected chi connectivity index (χ3v) is 13.1. The molecule has 31 heteroatoms. The fourth-order valence-electron chi connectivity index (χ4n) is 8.25. The predicted octanol–water partition coefficient (Wildman–Crippen LogP) is -6.05. The van der Waals surface area contributed by atoms with Crippen LogP contribution in [0.15, 0.2) is 0 Å². The van der Waals surface area contributed by atoms with Gasteiger partial charge in [0.1, 0.15) is 61.0 Å².